The molecule has 0 radical (unpaired) electrons. The molecule has 0 aliphatic rings. The summed E-state index contributed by atoms with van der Waals surface area (Å²) in [6, 6.07) is 28.7. The van der Waals surface area contributed by atoms with Crippen LogP contribution in [0.4, 0.5) is 0 Å². The van der Waals surface area contributed by atoms with Gasteiger partial charge in [-0.15, -0.1) is 0 Å². The zero-order valence-corrected chi connectivity index (χ0v) is 10.7. The van der Waals surface area contributed by atoms with Gasteiger partial charge in [0, 0.05) is 0 Å². The van der Waals surface area contributed by atoms with Crippen molar-refractivity contribution < 1.29 is 10.0 Å². The molecule has 0 atom stereocenters. The number of benzene rings is 3. The molecule has 96 valence electrons. The summed E-state index contributed by atoms with van der Waals surface area (Å²) in [6.45, 7) is 0. The van der Waals surface area contributed by atoms with Crippen molar-refractivity contribution in [3.63, 3.8) is 0 Å². The molecule has 0 saturated carbocycles. The topological polar surface area (TPSA) is 40.5 Å². The molecule has 2 N–H and O–H groups in total. The molecule has 3 heteroatoms. The Bertz CT molecular complexity index is 463. The summed E-state index contributed by atoms with van der Waals surface area (Å²) in [7, 11) is -0.750. The first-order valence-corrected chi connectivity index (χ1v) is 6.04. The Labute approximate surface area is 114 Å². The normalized spacial score (nSPS) is 8.53. The molecular formula is C16H17BO2. The molecule has 0 aliphatic heterocycles. The molecule has 0 spiro atoms. The van der Waals surface area contributed by atoms with Crippen LogP contribution < -0.4 is 0 Å². The smallest absolute Gasteiger partial charge is 0.430 e. The van der Waals surface area contributed by atoms with Crippen LogP contribution in [0.3, 0.4) is 0 Å². The first-order chi connectivity index (χ1) is 9.38. The number of rotatable bonds is 0. The van der Waals surface area contributed by atoms with Crippen LogP contribution in [0.15, 0.2) is 84.9 Å². The monoisotopic (exact) mass is 252 g/mol. The second-order valence-electron chi connectivity index (χ2n) is 3.64. The van der Waals surface area contributed by atoms with Gasteiger partial charge in [-0.05, 0) is 10.8 Å². The second kappa shape index (κ2) is 9.89. The third-order valence-corrected chi connectivity index (χ3v) is 2.33. The van der Waals surface area contributed by atoms with E-state index >= 15 is 0 Å². The first-order valence-electron chi connectivity index (χ1n) is 6.04. The van der Waals surface area contributed by atoms with Crippen molar-refractivity contribution in [3.8, 4) is 0 Å². The van der Waals surface area contributed by atoms with Crippen molar-refractivity contribution in [2.75, 3.05) is 0 Å². The predicted octanol–water partition coefficient (Wildman–Crippen LogP) is 2.76. The van der Waals surface area contributed by atoms with E-state index in [4.69, 9.17) is 10.0 Å². The van der Waals surface area contributed by atoms with Crippen molar-refractivity contribution in [3.05, 3.63) is 84.9 Å². The van der Waals surface area contributed by atoms with E-state index < -0.39 is 7.69 Å². The highest BCUT2D eigenvalue weighted by Crippen LogP contribution is 2.11. The van der Waals surface area contributed by atoms with Crippen LogP contribution in [0, 0.1) is 0 Å². The number of hydrogen-bond donors (Lipinski definition) is 2. The van der Waals surface area contributed by atoms with E-state index in [9.17, 15) is 0 Å². The third kappa shape index (κ3) is 6.41. The summed E-state index contributed by atoms with van der Waals surface area (Å²) in [4.78, 5) is 0. The lowest BCUT2D eigenvalue weighted by Crippen LogP contribution is -1.75. The quantitative estimate of drug-likeness (QED) is 0.604. The van der Waals surface area contributed by atoms with Gasteiger partial charge < -0.3 is 10.0 Å². The van der Waals surface area contributed by atoms with Crippen LogP contribution >= 0.6 is 0 Å². The minimum Gasteiger partial charge on any atom is -0.430 e. The molecule has 0 amide bonds. The maximum atomic E-state index is 7.12. The van der Waals surface area contributed by atoms with Crippen LogP contribution in [-0.2, 0) is 0 Å². The lowest BCUT2D eigenvalue weighted by Gasteiger charge is -1.92. The van der Waals surface area contributed by atoms with Gasteiger partial charge in [0.05, 0.1) is 0 Å². The molecule has 0 bridgehead atoms. The molecule has 0 heterocycles. The fourth-order valence-electron chi connectivity index (χ4n) is 1.52. The van der Waals surface area contributed by atoms with Gasteiger partial charge in [0.1, 0.15) is 0 Å². The largest absolute Gasteiger partial charge is 0.432 e. The van der Waals surface area contributed by atoms with Crippen LogP contribution in [0.5, 0.6) is 0 Å². The van der Waals surface area contributed by atoms with Crippen molar-refractivity contribution >= 4 is 18.5 Å². The Kier molecular flexibility index (Phi) is 7.79. The van der Waals surface area contributed by atoms with Crippen molar-refractivity contribution in [2.24, 2.45) is 0 Å². The maximum absolute atomic E-state index is 7.12. The zero-order valence-electron chi connectivity index (χ0n) is 10.7. The van der Waals surface area contributed by atoms with E-state index in [2.05, 4.69) is 48.5 Å². The number of hydrogen-bond acceptors (Lipinski definition) is 2. The molecule has 3 aromatic rings. The predicted molar refractivity (Wildman–Crippen MR) is 82.0 cm³/mol. The molecule has 3 aromatic carbocycles. The van der Waals surface area contributed by atoms with Gasteiger partial charge >= 0.3 is 7.69 Å². The summed E-state index contributed by atoms with van der Waals surface area (Å²) in [6.07, 6.45) is 0. The Balaban J connectivity index is 0.000000172. The van der Waals surface area contributed by atoms with E-state index in [1.807, 2.05) is 36.4 Å². The van der Waals surface area contributed by atoms with E-state index in [1.165, 1.54) is 10.8 Å². The van der Waals surface area contributed by atoms with E-state index in [0.717, 1.165) is 0 Å². The van der Waals surface area contributed by atoms with Crippen molar-refractivity contribution in [2.45, 2.75) is 0 Å². The Morgan fingerprint density at radius 1 is 0.474 bits per heavy atom. The summed E-state index contributed by atoms with van der Waals surface area (Å²) in [5, 5.41) is 16.9. The van der Waals surface area contributed by atoms with Crippen LogP contribution in [0.1, 0.15) is 0 Å². The fraction of sp³-hybridized carbons (Fsp3) is 0. The Morgan fingerprint density at radius 2 is 0.684 bits per heavy atom. The van der Waals surface area contributed by atoms with Crippen LogP contribution in [-0.4, -0.2) is 17.7 Å². The molecule has 19 heavy (non-hydrogen) atoms. The molecule has 2 nitrogen and oxygen atoms in total. The average molecular weight is 252 g/mol. The lowest BCUT2D eigenvalue weighted by atomic mass is 10.1. The molecule has 3 rings (SSSR count). The van der Waals surface area contributed by atoms with Crippen LogP contribution in [0.25, 0.3) is 10.8 Å². The van der Waals surface area contributed by atoms with Gasteiger partial charge in [0.25, 0.3) is 0 Å². The highest BCUT2D eigenvalue weighted by Gasteiger charge is 1.85. The van der Waals surface area contributed by atoms with E-state index in [-0.39, 0.29) is 0 Å². The van der Waals surface area contributed by atoms with E-state index in [1.54, 1.807) is 0 Å². The van der Waals surface area contributed by atoms with Gasteiger partial charge in [0.15, 0.2) is 0 Å². The number of fused-ring (bicyclic) bond motifs is 1. The second-order valence-corrected chi connectivity index (χ2v) is 3.64. The first kappa shape index (κ1) is 15.0. The third-order valence-electron chi connectivity index (χ3n) is 2.33. The molecule has 0 fully saturated rings. The van der Waals surface area contributed by atoms with Gasteiger partial charge in [-0.2, -0.15) is 0 Å². The maximum Gasteiger partial charge on any atom is 0.432 e. The summed E-state index contributed by atoms with van der Waals surface area (Å²) < 4.78 is 0. The zero-order chi connectivity index (χ0) is 13.8. The average Bonchev–Trinajstić information content (AvgIpc) is 2.51. The fourth-order valence-corrected chi connectivity index (χ4v) is 1.52. The van der Waals surface area contributed by atoms with E-state index in [0.29, 0.717) is 0 Å². The summed E-state index contributed by atoms with van der Waals surface area (Å²) in [5.74, 6) is 0. The van der Waals surface area contributed by atoms with Gasteiger partial charge in [-0.3, -0.25) is 0 Å². The summed E-state index contributed by atoms with van der Waals surface area (Å²) >= 11 is 0. The Hall–Kier alpha value is -2.10. The molecule has 0 saturated heterocycles. The highest BCUT2D eigenvalue weighted by molar-refractivity contribution is 6.13. The molecule has 0 aliphatic carbocycles. The minimum atomic E-state index is -0.750. The van der Waals surface area contributed by atoms with Gasteiger partial charge in [-0.1, -0.05) is 84.9 Å². The Morgan fingerprint density at radius 3 is 0.895 bits per heavy atom. The molecule has 0 aromatic heterocycles. The van der Waals surface area contributed by atoms with Gasteiger partial charge in [0.2, 0.25) is 0 Å². The van der Waals surface area contributed by atoms with Crippen molar-refractivity contribution in [1.82, 2.24) is 0 Å². The summed E-state index contributed by atoms with van der Waals surface area (Å²) in [5.41, 5.74) is 0. The van der Waals surface area contributed by atoms with Crippen molar-refractivity contribution in [1.29, 1.82) is 0 Å². The van der Waals surface area contributed by atoms with Gasteiger partial charge in [-0.25, -0.2) is 0 Å². The minimum absolute atomic E-state index is 0.750. The molecule has 0 unspecified atom stereocenters. The lowest BCUT2D eigenvalue weighted by molar-refractivity contribution is 0.448. The highest BCUT2D eigenvalue weighted by atomic mass is 16.4. The molecular weight excluding hydrogens is 235 g/mol. The van der Waals surface area contributed by atoms with Crippen LogP contribution in [0.2, 0.25) is 0 Å². The SMILES string of the molecule is OBO.c1ccc2ccccc2c1.c1ccccc1. The standard InChI is InChI=1S/C10H8.C6H6.BH3O2/c1-2-6-10-8-4-3-7-9(10)5-1;1-2-4-6-5-3-1;2-1-3/h1-8H;1-6H;1-3H.